The first-order chi connectivity index (χ1) is 9.10. The summed E-state index contributed by atoms with van der Waals surface area (Å²) < 4.78 is 0.954. The third kappa shape index (κ3) is 3.94. The van der Waals surface area contributed by atoms with Crippen LogP contribution in [0.15, 0.2) is 22.7 Å². The number of carbonyl (C=O) groups excluding carboxylic acids is 1. The molecule has 1 saturated heterocycles. The number of amides is 1. The molecule has 2 rings (SSSR count). The smallest absolute Gasteiger partial charge is 0.227 e. The molecule has 3 nitrogen and oxygen atoms in total. The van der Waals surface area contributed by atoms with Crippen molar-refractivity contribution in [3.63, 3.8) is 0 Å². The summed E-state index contributed by atoms with van der Waals surface area (Å²) in [5.41, 5.74) is 0.888. The Labute approximate surface area is 127 Å². The SMILES string of the molecule is CCN1CCN(C(=O)Cc2cc(Br)ccc2Cl)CC1. The molecular weight excluding hydrogens is 328 g/mol. The highest BCUT2D eigenvalue weighted by molar-refractivity contribution is 9.10. The fourth-order valence-electron chi connectivity index (χ4n) is 2.27. The Morgan fingerprint density at radius 3 is 2.63 bits per heavy atom. The maximum absolute atomic E-state index is 12.3. The highest BCUT2D eigenvalue weighted by Crippen LogP contribution is 2.22. The van der Waals surface area contributed by atoms with E-state index in [-0.39, 0.29) is 5.91 Å². The van der Waals surface area contributed by atoms with Crippen molar-refractivity contribution in [2.75, 3.05) is 32.7 Å². The number of likely N-dealkylation sites (N-methyl/N-ethyl adjacent to an activating group) is 1. The van der Waals surface area contributed by atoms with E-state index >= 15 is 0 Å². The Bertz CT molecular complexity index is 459. The van der Waals surface area contributed by atoms with Gasteiger partial charge in [-0.1, -0.05) is 34.5 Å². The first kappa shape index (κ1) is 14.8. The van der Waals surface area contributed by atoms with Crippen LogP contribution in [0.3, 0.4) is 0 Å². The van der Waals surface area contributed by atoms with Crippen LogP contribution in [0.25, 0.3) is 0 Å². The van der Waals surface area contributed by atoms with Gasteiger partial charge in [0.1, 0.15) is 0 Å². The highest BCUT2D eigenvalue weighted by atomic mass is 79.9. The fraction of sp³-hybridized carbons (Fsp3) is 0.500. The van der Waals surface area contributed by atoms with Crippen molar-refractivity contribution < 1.29 is 4.79 Å². The number of carbonyl (C=O) groups is 1. The van der Waals surface area contributed by atoms with Crippen LogP contribution in [-0.2, 0) is 11.2 Å². The minimum absolute atomic E-state index is 0.163. The van der Waals surface area contributed by atoms with Crippen molar-refractivity contribution in [2.24, 2.45) is 0 Å². The maximum atomic E-state index is 12.3. The largest absolute Gasteiger partial charge is 0.340 e. The summed E-state index contributed by atoms with van der Waals surface area (Å²) in [7, 11) is 0. The molecule has 0 radical (unpaired) electrons. The molecule has 5 heteroatoms. The quantitative estimate of drug-likeness (QED) is 0.841. The van der Waals surface area contributed by atoms with E-state index in [9.17, 15) is 4.79 Å². The lowest BCUT2D eigenvalue weighted by Gasteiger charge is -2.34. The molecule has 0 saturated carbocycles. The standard InChI is InChI=1S/C14H18BrClN2O/c1-2-17-5-7-18(8-6-17)14(19)10-11-9-12(15)3-4-13(11)16/h3-4,9H,2,5-8,10H2,1H3. The third-order valence-corrected chi connectivity index (χ3v) is 4.38. The van der Waals surface area contributed by atoms with E-state index in [0.29, 0.717) is 11.4 Å². The van der Waals surface area contributed by atoms with Crippen molar-refractivity contribution in [2.45, 2.75) is 13.3 Å². The minimum Gasteiger partial charge on any atom is -0.340 e. The topological polar surface area (TPSA) is 23.6 Å². The van der Waals surface area contributed by atoms with Gasteiger partial charge in [0.05, 0.1) is 6.42 Å². The van der Waals surface area contributed by atoms with Gasteiger partial charge in [0.2, 0.25) is 5.91 Å². The van der Waals surface area contributed by atoms with Gasteiger partial charge in [0, 0.05) is 35.7 Å². The molecule has 1 heterocycles. The van der Waals surface area contributed by atoms with E-state index in [1.807, 2.05) is 23.1 Å². The normalized spacial score (nSPS) is 16.7. The molecule has 0 atom stereocenters. The van der Waals surface area contributed by atoms with Crippen LogP contribution in [-0.4, -0.2) is 48.4 Å². The second-order valence-electron chi connectivity index (χ2n) is 4.73. The number of piperazine rings is 1. The Kier molecular flexibility index (Phi) is 5.25. The molecule has 1 aliphatic rings. The molecule has 0 bridgehead atoms. The molecular formula is C14H18BrClN2O. The molecule has 104 valence electrons. The minimum atomic E-state index is 0.163. The van der Waals surface area contributed by atoms with Crippen LogP contribution in [0.1, 0.15) is 12.5 Å². The molecule has 1 aromatic carbocycles. The van der Waals surface area contributed by atoms with E-state index < -0.39 is 0 Å². The molecule has 1 amide bonds. The number of hydrogen-bond donors (Lipinski definition) is 0. The van der Waals surface area contributed by atoms with Gasteiger partial charge in [-0.25, -0.2) is 0 Å². The number of benzene rings is 1. The first-order valence-corrected chi connectivity index (χ1v) is 7.71. The maximum Gasteiger partial charge on any atom is 0.227 e. The van der Waals surface area contributed by atoms with Gasteiger partial charge in [0.25, 0.3) is 0 Å². The average Bonchev–Trinajstić information content (AvgIpc) is 2.43. The number of nitrogens with zero attached hydrogens (tertiary/aromatic N) is 2. The van der Waals surface area contributed by atoms with Crippen LogP contribution < -0.4 is 0 Å². The van der Waals surface area contributed by atoms with Crippen LogP contribution in [0.4, 0.5) is 0 Å². The van der Waals surface area contributed by atoms with Crippen LogP contribution in [0.5, 0.6) is 0 Å². The summed E-state index contributed by atoms with van der Waals surface area (Å²) in [5.74, 6) is 0.163. The molecule has 0 aliphatic carbocycles. The van der Waals surface area contributed by atoms with Crippen LogP contribution in [0, 0.1) is 0 Å². The van der Waals surface area contributed by atoms with Crippen LogP contribution in [0.2, 0.25) is 5.02 Å². The molecule has 1 fully saturated rings. The molecule has 19 heavy (non-hydrogen) atoms. The lowest BCUT2D eigenvalue weighted by atomic mass is 10.1. The van der Waals surface area contributed by atoms with Crippen LogP contribution >= 0.6 is 27.5 Å². The first-order valence-electron chi connectivity index (χ1n) is 6.54. The van der Waals surface area contributed by atoms with Crippen molar-refractivity contribution >= 4 is 33.4 Å². The summed E-state index contributed by atoms with van der Waals surface area (Å²) in [4.78, 5) is 16.6. The van der Waals surface area contributed by atoms with E-state index in [2.05, 4.69) is 27.8 Å². The van der Waals surface area contributed by atoms with Gasteiger partial charge in [-0.15, -0.1) is 0 Å². The summed E-state index contributed by atoms with van der Waals surface area (Å²) in [6.45, 7) is 6.78. The lowest BCUT2D eigenvalue weighted by molar-refractivity contribution is -0.132. The van der Waals surface area contributed by atoms with Gasteiger partial charge in [0.15, 0.2) is 0 Å². The van der Waals surface area contributed by atoms with Gasteiger partial charge >= 0.3 is 0 Å². The zero-order valence-electron chi connectivity index (χ0n) is 11.0. The number of hydrogen-bond acceptors (Lipinski definition) is 2. The Morgan fingerprint density at radius 1 is 1.32 bits per heavy atom. The monoisotopic (exact) mass is 344 g/mol. The van der Waals surface area contributed by atoms with Crippen molar-refractivity contribution in [1.82, 2.24) is 9.80 Å². The number of rotatable bonds is 3. The van der Waals surface area contributed by atoms with E-state index in [1.54, 1.807) is 0 Å². The van der Waals surface area contributed by atoms with Gasteiger partial charge in [-0.05, 0) is 30.3 Å². The number of halogens is 2. The Morgan fingerprint density at radius 2 is 2.00 bits per heavy atom. The van der Waals surface area contributed by atoms with Gasteiger partial charge < -0.3 is 9.80 Å². The van der Waals surface area contributed by atoms with E-state index in [4.69, 9.17) is 11.6 Å². The Balaban J connectivity index is 1.96. The molecule has 0 N–H and O–H groups in total. The van der Waals surface area contributed by atoms with Gasteiger partial charge in [-0.2, -0.15) is 0 Å². The third-order valence-electron chi connectivity index (χ3n) is 3.52. The summed E-state index contributed by atoms with van der Waals surface area (Å²) in [5, 5.41) is 0.656. The average molecular weight is 346 g/mol. The van der Waals surface area contributed by atoms with Crippen molar-refractivity contribution in [1.29, 1.82) is 0 Å². The Hall–Kier alpha value is -0.580. The molecule has 1 aliphatic heterocycles. The van der Waals surface area contributed by atoms with E-state index in [1.165, 1.54) is 0 Å². The zero-order valence-corrected chi connectivity index (χ0v) is 13.4. The van der Waals surface area contributed by atoms with E-state index in [0.717, 1.165) is 42.8 Å². The van der Waals surface area contributed by atoms with Gasteiger partial charge in [-0.3, -0.25) is 4.79 Å². The highest BCUT2D eigenvalue weighted by Gasteiger charge is 2.20. The predicted octanol–water partition coefficient (Wildman–Crippen LogP) is 2.81. The molecule has 0 unspecified atom stereocenters. The van der Waals surface area contributed by atoms with Crippen molar-refractivity contribution in [3.8, 4) is 0 Å². The second-order valence-corrected chi connectivity index (χ2v) is 6.05. The fourth-order valence-corrected chi connectivity index (χ4v) is 2.86. The summed E-state index contributed by atoms with van der Waals surface area (Å²) in [6, 6.07) is 5.63. The molecule has 1 aromatic rings. The lowest BCUT2D eigenvalue weighted by Crippen LogP contribution is -2.48. The predicted molar refractivity (Wildman–Crippen MR) is 81.6 cm³/mol. The summed E-state index contributed by atoms with van der Waals surface area (Å²) in [6.07, 6.45) is 0.379. The summed E-state index contributed by atoms with van der Waals surface area (Å²) >= 11 is 9.53. The molecule has 0 spiro atoms. The van der Waals surface area contributed by atoms with Crippen molar-refractivity contribution in [3.05, 3.63) is 33.3 Å². The zero-order chi connectivity index (χ0) is 13.8. The molecule has 0 aromatic heterocycles. The second kappa shape index (κ2) is 6.73.